The SMILES string of the molecule is CCOC(=O)[C@H]1CCCN(C(=O)Nc2ccccc2Cl)C1. The first-order valence-electron chi connectivity index (χ1n) is 7.09. The van der Waals surface area contributed by atoms with Crippen LogP contribution in [-0.4, -0.2) is 36.6 Å². The number of rotatable bonds is 3. The Labute approximate surface area is 129 Å². The number of anilines is 1. The molecule has 1 aliphatic heterocycles. The summed E-state index contributed by atoms with van der Waals surface area (Å²) in [5.41, 5.74) is 0.572. The summed E-state index contributed by atoms with van der Waals surface area (Å²) < 4.78 is 5.03. The first-order chi connectivity index (χ1) is 10.1. The minimum atomic E-state index is -0.240. The predicted molar refractivity (Wildman–Crippen MR) is 81.4 cm³/mol. The molecule has 0 unspecified atom stereocenters. The van der Waals surface area contributed by atoms with E-state index in [-0.39, 0.29) is 17.9 Å². The number of halogens is 1. The highest BCUT2D eigenvalue weighted by Gasteiger charge is 2.29. The Morgan fingerprint density at radius 2 is 2.19 bits per heavy atom. The van der Waals surface area contributed by atoms with Crippen molar-refractivity contribution in [2.24, 2.45) is 5.92 Å². The second-order valence-corrected chi connectivity index (χ2v) is 5.35. The average molecular weight is 311 g/mol. The third-order valence-electron chi connectivity index (χ3n) is 3.44. The zero-order chi connectivity index (χ0) is 15.2. The lowest BCUT2D eigenvalue weighted by Gasteiger charge is -2.31. The topological polar surface area (TPSA) is 58.6 Å². The number of ether oxygens (including phenoxy) is 1. The van der Waals surface area contributed by atoms with Gasteiger partial charge in [0.2, 0.25) is 0 Å². The van der Waals surface area contributed by atoms with Crippen LogP contribution in [0.1, 0.15) is 19.8 Å². The number of likely N-dealkylation sites (tertiary alicyclic amines) is 1. The molecular weight excluding hydrogens is 292 g/mol. The van der Waals surface area contributed by atoms with Crippen LogP contribution in [-0.2, 0) is 9.53 Å². The van der Waals surface area contributed by atoms with Crippen LogP contribution >= 0.6 is 11.6 Å². The first kappa shape index (κ1) is 15.6. The van der Waals surface area contributed by atoms with Gasteiger partial charge in [-0.25, -0.2) is 4.79 Å². The molecule has 0 aromatic heterocycles. The molecule has 1 N–H and O–H groups in total. The molecule has 6 heteroatoms. The van der Waals surface area contributed by atoms with Gasteiger partial charge in [0, 0.05) is 13.1 Å². The average Bonchev–Trinajstić information content (AvgIpc) is 2.50. The molecule has 21 heavy (non-hydrogen) atoms. The normalized spacial score (nSPS) is 18.2. The number of urea groups is 1. The fraction of sp³-hybridized carbons (Fsp3) is 0.467. The molecule has 1 saturated heterocycles. The van der Waals surface area contributed by atoms with Crippen LogP contribution in [0.3, 0.4) is 0 Å². The molecule has 1 atom stereocenters. The zero-order valence-electron chi connectivity index (χ0n) is 12.0. The number of amides is 2. The van der Waals surface area contributed by atoms with Gasteiger partial charge < -0.3 is 15.0 Å². The van der Waals surface area contributed by atoms with Gasteiger partial charge in [-0.1, -0.05) is 23.7 Å². The number of hydrogen-bond acceptors (Lipinski definition) is 3. The Balaban J connectivity index is 1.96. The summed E-state index contributed by atoms with van der Waals surface area (Å²) in [6.07, 6.45) is 1.55. The Kier molecular flexibility index (Phi) is 5.44. The van der Waals surface area contributed by atoms with Crippen LogP contribution in [0.2, 0.25) is 5.02 Å². The summed E-state index contributed by atoms with van der Waals surface area (Å²) in [7, 11) is 0. The fourth-order valence-corrected chi connectivity index (χ4v) is 2.55. The third kappa shape index (κ3) is 4.11. The molecule has 1 heterocycles. The van der Waals surface area contributed by atoms with E-state index in [9.17, 15) is 9.59 Å². The monoisotopic (exact) mass is 310 g/mol. The Morgan fingerprint density at radius 1 is 1.43 bits per heavy atom. The molecule has 2 rings (SSSR count). The van der Waals surface area contributed by atoms with Crippen molar-refractivity contribution in [1.82, 2.24) is 4.90 Å². The number of piperidine rings is 1. The zero-order valence-corrected chi connectivity index (χ0v) is 12.7. The predicted octanol–water partition coefficient (Wildman–Crippen LogP) is 3.15. The van der Waals surface area contributed by atoms with Gasteiger partial charge in [0.15, 0.2) is 0 Å². The molecule has 1 aliphatic rings. The smallest absolute Gasteiger partial charge is 0.321 e. The van der Waals surface area contributed by atoms with Crippen LogP contribution in [0.4, 0.5) is 10.5 Å². The van der Waals surface area contributed by atoms with E-state index in [1.54, 1.807) is 36.1 Å². The molecule has 0 spiro atoms. The molecule has 0 bridgehead atoms. The van der Waals surface area contributed by atoms with Gasteiger partial charge in [-0.2, -0.15) is 0 Å². The highest BCUT2D eigenvalue weighted by Crippen LogP contribution is 2.23. The summed E-state index contributed by atoms with van der Waals surface area (Å²) in [6, 6.07) is 6.83. The number of carbonyl (C=O) groups excluding carboxylic acids is 2. The van der Waals surface area contributed by atoms with Gasteiger partial charge in [-0.15, -0.1) is 0 Å². The highest BCUT2D eigenvalue weighted by molar-refractivity contribution is 6.33. The maximum atomic E-state index is 12.2. The van der Waals surface area contributed by atoms with Crippen molar-refractivity contribution in [3.05, 3.63) is 29.3 Å². The van der Waals surface area contributed by atoms with Crippen LogP contribution in [0.15, 0.2) is 24.3 Å². The van der Waals surface area contributed by atoms with Gasteiger partial charge in [0.25, 0.3) is 0 Å². The van der Waals surface area contributed by atoms with Crippen molar-refractivity contribution >= 4 is 29.3 Å². The van der Waals surface area contributed by atoms with Gasteiger partial charge in [-0.3, -0.25) is 4.79 Å². The number of benzene rings is 1. The number of nitrogens with one attached hydrogen (secondary N) is 1. The van der Waals surface area contributed by atoms with Crippen molar-refractivity contribution in [3.63, 3.8) is 0 Å². The maximum Gasteiger partial charge on any atom is 0.321 e. The second-order valence-electron chi connectivity index (χ2n) is 4.95. The van der Waals surface area contributed by atoms with E-state index in [1.165, 1.54) is 0 Å². The number of para-hydroxylation sites is 1. The van der Waals surface area contributed by atoms with Crippen LogP contribution in [0, 0.1) is 5.92 Å². The van der Waals surface area contributed by atoms with Crippen molar-refractivity contribution in [1.29, 1.82) is 0 Å². The van der Waals surface area contributed by atoms with Crippen LogP contribution < -0.4 is 5.32 Å². The number of nitrogens with zero attached hydrogens (tertiary/aromatic N) is 1. The quantitative estimate of drug-likeness (QED) is 0.873. The molecular formula is C15H19ClN2O3. The van der Waals surface area contributed by atoms with Crippen molar-refractivity contribution in [2.75, 3.05) is 25.0 Å². The first-order valence-corrected chi connectivity index (χ1v) is 7.46. The molecule has 1 fully saturated rings. The lowest BCUT2D eigenvalue weighted by molar-refractivity contribution is -0.149. The Morgan fingerprint density at radius 3 is 2.90 bits per heavy atom. The van der Waals surface area contributed by atoms with E-state index in [1.807, 2.05) is 0 Å². The molecule has 0 aliphatic carbocycles. The van der Waals surface area contributed by atoms with Gasteiger partial charge >= 0.3 is 12.0 Å². The van der Waals surface area contributed by atoms with Crippen LogP contribution in [0.5, 0.6) is 0 Å². The highest BCUT2D eigenvalue weighted by atomic mass is 35.5. The number of hydrogen-bond donors (Lipinski definition) is 1. The maximum absolute atomic E-state index is 12.2. The molecule has 5 nitrogen and oxygen atoms in total. The summed E-state index contributed by atoms with van der Waals surface area (Å²) in [6.45, 7) is 3.16. The fourth-order valence-electron chi connectivity index (χ4n) is 2.37. The number of carbonyl (C=O) groups is 2. The second kappa shape index (κ2) is 7.31. The minimum Gasteiger partial charge on any atom is -0.466 e. The molecule has 2 amide bonds. The molecule has 1 aromatic carbocycles. The Bertz CT molecular complexity index is 521. The van der Waals surface area contributed by atoms with E-state index in [4.69, 9.17) is 16.3 Å². The van der Waals surface area contributed by atoms with Crippen molar-refractivity contribution in [3.8, 4) is 0 Å². The summed E-state index contributed by atoms with van der Waals surface area (Å²) in [4.78, 5) is 25.7. The summed E-state index contributed by atoms with van der Waals surface area (Å²) in [5.74, 6) is -0.469. The van der Waals surface area contributed by atoms with E-state index < -0.39 is 0 Å². The molecule has 0 radical (unpaired) electrons. The van der Waals surface area contributed by atoms with Crippen molar-refractivity contribution in [2.45, 2.75) is 19.8 Å². The van der Waals surface area contributed by atoms with Crippen LogP contribution in [0.25, 0.3) is 0 Å². The van der Waals surface area contributed by atoms with E-state index >= 15 is 0 Å². The largest absolute Gasteiger partial charge is 0.466 e. The molecule has 114 valence electrons. The molecule has 0 saturated carbocycles. The van der Waals surface area contributed by atoms with Gasteiger partial charge in [-0.05, 0) is 31.9 Å². The summed E-state index contributed by atoms with van der Waals surface area (Å²) in [5, 5.41) is 3.26. The molecule has 1 aromatic rings. The minimum absolute atomic E-state index is 0.229. The standard InChI is InChI=1S/C15H19ClN2O3/c1-2-21-14(19)11-6-5-9-18(10-11)15(20)17-13-8-4-3-7-12(13)16/h3-4,7-8,11H,2,5-6,9-10H2,1H3,(H,17,20)/t11-/m0/s1. The Hall–Kier alpha value is -1.75. The van der Waals surface area contributed by atoms with Gasteiger partial charge in [0.1, 0.15) is 0 Å². The van der Waals surface area contributed by atoms with Crippen molar-refractivity contribution < 1.29 is 14.3 Å². The van der Waals surface area contributed by atoms with Gasteiger partial charge in [0.05, 0.1) is 23.2 Å². The third-order valence-corrected chi connectivity index (χ3v) is 3.77. The van der Waals surface area contributed by atoms with E-state index in [0.29, 0.717) is 30.4 Å². The lowest BCUT2D eigenvalue weighted by Crippen LogP contribution is -2.44. The number of esters is 1. The van der Waals surface area contributed by atoms with E-state index in [2.05, 4.69) is 5.32 Å². The van der Waals surface area contributed by atoms with E-state index in [0.717, 1.165) is 12.8 Å². The summed E-state index contributed by atoms with van der Waals surface area (Å²) >= 11 is 6.02. The lowest BCUT2D eigenvalue weighted by atomic mass is 9.98.